The highest BCUT2D eigenvalue weighted by Crippen LogP contribution is 2.23. The lowest BCUT2D eigenvalue weighted by Gasteiger charge is -2.32. The first-order valence-corrected chi connectivity index (χ1v) is 10.9. The Hall–Kier alpha value is -3.88. The average molecular weight is 447 g/mol. The Morgan fingerprint density at radius 1 is 1.15 bits per heavy atom. The molecule has 33 heavy (non-hydrogen) atoms. The highest BCUT2D eigenvalue weighted by Gasteiger charge is 2.26. The summed E-state index contributed by atoms with van der Waals surface area (Å²) in [5.74, 6) is 0.245. The SMILES string of the molecule is O=C(Cn1cnc2ccccc2c1=O)N1CCCC(Cc2nc(-c3ccccc3F)no2)C1. The summed E-state index contributed by atoms with van der Waals surface area (Å²) in [6, 6.07) is 13.4. The van der Waals surface area contributed by atoms with Crippen LogP contribution < -0.4 is 5.56 Å². The number of halogens is 1. The Balaban J connectivity index is 1.25. The van der Waals surface area contributed by atoms with Crippen molar-refractivity contribution in [1.82, 2.24) is 24.6 Å². The summed E-state index contributed by atoms with van der Waals surface area (Å²) in [6.45, 7) is 1.11. The van der Waals surface area contributed by atoms with E-state index >= 15 is 0 Å². The van der Waals surface area contributed by atoms with Crippen molar-refractivity contribution in [3.63, 3.8) is 0 Å². The smallest absolute Gasteiger partial charge is 0.261 e. The third kappa shape index (κ3) is 4.39. The van der Waals surface area contributed by atoms with E-state index in [4.69, 9.17) is 4.52 Å². The third-order valence-corrected chi connectivity index (χ3v) is 5.95. The lowest BCUT2D eigenvalue weighted by Crippen LogP contribution is -2.43. The van der Waals surface area contributed by atoms with Gasteiger partial charge in [0.05, 0.1) is 22.8 Å². The van der Waals surface area contributed by atoms with E-state index in [1.165, 1.54) is 17.0 Å². The summed E-state index contributed by atoms with van der Waals surface area (Å²) in [5.41, 5.74) is 0.676. The number of carbonyl (C=O) groups excluding carboxylic acids is 1. The molecule has 2 aromatic heterocycles. The standard InChI is InChI=1S/C24H22FN5O3/c25-19-9-3-1-7-17(19)23-27-21(33-28-23)12-16-6-5-11-29(13-16)22(31)14-30-15-26-20-10-4-2-8-18(20)24(30)32/h1-4,7-10,15-16H,5-6,11-14H2. The number of piperidine rings is 1. The van der Waals surface area contributed by atoms with Crippen LogP contribution in [0.25, 0.3) is 22.3 Å². The Morgan fingerprint density at radius 3 is 2.85 bits per heavy atom. The van der Waals surface area contributed by atoms with Gasteiger partial charge in [-0.3, -0.25) is 14.2 Å². The fourth-order valence-electron chi connectivity index (χ4n) is 4.26. The van der Waals surface area contributed by atoms with Crippen LogP contribution in [0.5, 0.6) is 0 Å². The zero-order valence-electron chi connectivity index (χ0n) is 17.9. The summed E-state index contributed by atoms with van der Waals surface area (Å²) in [7, 11) is 0. The number of rotatable bonds is 5. The molecule has 1 atom stereocenters. The predicted octanol–water partition coefficient (Wildman–Crippen LogP) is 3.07. The summed E-state index contributed by atoms with van der Waals surface area (Å²) >= 11 is 0. The van der Waals surface area contributed by atoms with Crippen molar-refractivity contribution >= 4 is 16.8 Å². The molecule has 1 aliphatic heterocycles. The second kappa shape index (κ2) is 8.93. The van der Waals surface area contributed by atoms with Gasteiger partial charge in [-0.2, -0.15) is 4.98 Å². The molecule has 1 saturated heterocycles. The second-order valence-electron chi connectivity index (χ2n) is 8.24. The Kier molecular flexibility index (Phi) is 5.68. The van der Waals surface area contributed by atoms with E-state index in [2.05, 4.69) is 15.1 Å². The minimum atomic E-state index is -0.405. The Morgan fingerprint density at radius 2 is 1.97 bits per heavy atom. The zero-order chi connectivity index (χ0) is 22.8. The van der Waals surface area contributed by atoms with Gasteiger partial charge in [-0.05, 0) is 43.0 Å². The highest BCUT2D eigenvalue weighted by molar-refractivity contribution is 5.79. The van der Waals surface area contributed by atoms with Gasteiger partial charge in [0.2, 0.25) is 17.6 Å². The van der Waals surface area contributed by atoms with Gasteiger partial charge in [0.1, 0.15) is 12.4 Å². The lowest BCUT2D eigenvalue weighted by molar-refractivity contribution is -0.133. The highest BCUT2D eigenvalue weighted by atomic mass is 19.1. The number of benzene rings is 2. The molecular formula is C24H22FN5O3. The Bertz CT molecular complexity index is 1370. The normalized spacial score (nSPS) is 16.3. The van der Waals surface area contributed by atoms with Crippen molar-refractivity contribution in [3.05, 3.63) is 76.9 Å². The van der Waals surface area contributed by atoms with E-state index in [9.17, 15) is 14.0 Å². The van der Waals surface area contributed by atoms with Crippen LogP contribution in [0.2, 0.25) is 0 Å². The van der Waals surface area contributed by atoms with Crippen molar-refractivity contribution in [2.75, 3.05) is 13.1 Å². The van der Waals surface area contributed by atoms with Crippen molar-refractivity contribution in [3.8, 4) is 11.4 Å². The number of carbonyl (C=O) groups is 1. The van der Waals surface area contributed by atoms with Gasteiger partial charge >= 0.3 is 0 Å². The Labute approximate surface area is 188 Å². The average Bonchev–Trinajstić information content (AvgIpc) is 3.29. The third-order valence-electron chi connectivity index (χ3n) is 5.95. The maximum Gasteiger partial charge on any atom is 0.261 e. The molecule has 168 valence electrons. The van der Waals surface area contributed by atoms with Crippen molar-refractivity contribution in [2.45, 2.75) is 25.8 Å². The molecule has 1 aliphatic rings. The van der Waals surface area contributed by atoms with Crippen LogP contribution in [0.1, 0.15) is 18.7 Å². The van der Waals surface area contributed by atoms with Gasteiger partial charge in [-0.1, -0.05) is 29.4 Å². The molecule has 2 aromatic carbocycles. The van der Waals surface area contributed by atoms with E-state index in [0.29, 0.717) is 41.9 Å². The fourth-order valence-corrected chi connectivity index (χ4v) is 4.26. The molecule has 9 heteroatoms. The lowest BCUT2D eigenvalue weighted by atomic mass is 9.94. The minimum Gasteiger partial charge on any atom is -0.341 e. The van der Waals surface area contributed by atoms with Crippen LogP contribution in [-0.4, -0.2) is 43.6 Å². The second-order valence-corrected chi connectivity index (χ2v) is 8.24. The van der Waals surface area contributed by atoms with Crippen molar-refractivity contribution < 1.29 is 13.7 Å². The van der Waals surface area contributed by atoms with Gasteiger partial charge in [0, 0.05) is 19.5 Å². The number of hydrogen-bond acceptors (Lipinski definition) is 6. The molecule has 0 saturated carbocycles. The molecule has 1 unspecified atom stereocenters. The van der Waals surface area contributed by atoms with Crippen LogP contribution in [0.4, 0.5) is 4.39 Å². The van der Waals surface area contributed by atoms with Crippen LogP contribution in [-0.2, 0) is 17.8 Å². The van der Waals surface area contributed by atoms with E-state index < -0.39 is 5.82 Å². The number of fused-ring (bicyclic) bond motifs is 1. The molecule has 4 aromatic rings. The van der Waals surface area contributed by atoms with E-state index in [1.807, 2.05) is 6.07 Å². The summed E-state index contributed by atoms with van der Waals surface area (Å²) in [5, 5.41) is 4.40. The van der Waals surface area contributed by atoms with Gasteiger partial charge < -0.3 is 9.42 Å². The summed E-state index contributed by atoms with van der Waals surface area (Å²) < 4.78 is 20.7. The van der Waals surface area contributed by atoms with Crippen LogP contribution in [0, 0.1) is 11.7 Å². The number of para-hydroxylation sites is 1. The van der Waals surface area contributed by atoms with E-state index in [1.54, 1.807) is 41.3 Å². The molecule has 0 spiro atoms. The molecular weight excluding hydrogens is 425 g/mol. The molecule has 0 bridgehead atoms. The maximum absolute atomic E-state index is 14.0. The fraction of sp³-hybridized carbons (Fsp3) is 0.292. The number of likely N-dealkylation sites (tertiary alicyclic amines) is 1. The topological polar surface area (TPSA) is 94.1 Å². The zero-order valence-corrected chi connectivity index (χ0v) is 17.9. The van der Waals surface area contributed by atoms with Crippen LogP contribution in [0.3, 0.4) is 0 Å². The molecule has 5 rings (SSSR count). The molecule has 1 amide bonds. The largest absolute Gasteiger partial charge is 0.341 e. The van der Waals surface area contributed by atoms with Gasteiger partial charge in [0.25, 0.3) is 5.56 Å². The molecule has 1 fully saturated rings. The summed E-state index contributed by atoms with van der Waals surface area (Å²) in [6.07, 6.45) is 3.68. The molecule has 3 heterocycles. The maximum atomic E-state index is 14.0. The molecule has 0 aliphatic carbocycles. The van der Waals surface area contributed by atoms with E-state index in [-0.39, 0.29) is 29.8 Å². The number of aromatic nitrogens is 4. The van der Waals surface area contributed by atoms with Crippen LogP contribution in [0.15, 0.2) is 64.2 Å². The monoisotopic (exact) mass is 447 g/mol. The molecule has 8 nitrogen and oxygen atoms in total. The van der Waals surface area contributed by atoms with Crippen molar-refractivity contribution in [1.29, 1.82) is 0 Å². The minimum absolute atomic E-state index is 0.0542. The number of nitrogens with zero attached hydrogens (tertiary/aromatic N) is 5. The molecule has 0 N–H and O–H groups in total. The molecule has 0 radical (unpaired) electrons. The van der Waals surface area contributed by atoms with Gasteiger partial charge in [-0.25, -0.2) is 9.37 Å². The van der Waals surface area contributed by atoms with Crippen LogP contribution >= 0.6 is 0 Å². The number of hydrogen-bond donors (Lipinski definition) is 0. The quantitative estimate of drug-likeness (QED) is 0.467. The van der Waals surface area contributed by atoms with E-state index in [0.717, 1.165) is 12.8 Å². The van der Waals surface area contributed by atoms with Crippen molar-refractivity contribution in [2.24, 2.45) is 5.92 Å². The first-order valence-electron chi connectivity index (χ1n) is 10.9. The summed E-state index contributed by atoms with van der Waals surface area (Å²) in [4.78, 5) is 36.0. The first-order chi connectivity index (χ1) is 16.1. The number of amides is 1. The first kappa shape index (κ1) is 21.0. The van der Waals surface area contributed by atoms with Gasteiger partial charge in [0.15, 0.2) is 0 Å². The van der Waals surface area contributed by atoms with Gasteiger partial charge in [-0.15, -0.1) is 0 Å². The predicted molar refractivity (Wildman–Crippen MR) is 119 cm³/mol.